The number of ether oxygens (including phenoxy) is 2. The highest BCUT2D eigenvalue weighted by Crippen LogP contribution is 2.06. The molecule has 0 saturated carbocycles. The molecule has 0 aromatic heterocycles. The van der Waals surface area contributed by atoms with Crippen molar-refractivity contribution >= 4 is 0 Å². The molecule has 0 saturated heterocycles. The van der Waals surface area contributed by atoms with Crippen LogP contribution in [0.3, 0.4) is 0 Å². The molecule has 14 heavy (non-hydrogen) atoms. The van der Waals surface area contributed by atoms with E-state index in [1.54, 1.807) is 0 Å². The van der Waals surface area contributed by atoms with Crippen LogP contribution in [-0.4, -0.2) is 65.4 Å². The van der Waals surface area contributed by atoms with Gasteiger partial charge in [0.2, 0.25) is 0 Å². The van der Waals surface area contributed by atoms with Crippen molar-refractivity contribution in [3.8, 4) is 0 Å². The standard InChI is InChI=1S/C8H18O6/c1-5(11)6(3-9)14-8(12)7(4-10)13-2/h5-12H,3-4H2,1-2H3/t5-,6?,7?,8?/m0/s1. The average Bonchev–Trinajstić information content (AvgIpc) is 2.15. The van der Waals surface area contributed by atoms with Crippen molar-refractivity contribution in [2.45, 2.75) is 31.5 Å². The number of methoxy groups -OCH3 is 1. The van der Waals surface area contributed by atoms with Crippen LogP contribution < -0.4 is 0 Å². The lowest BCUT2D eigenvalue weighted by Gasteiger charge is -2.25. The van der Waals surface area contributed by atoms with Crippen LogP contribution in [0, 0.1) is 0 Å². The zero-order valence-electron chi connectivity index (χ0n) is 8.33. The highest BCUT2D eigenvalue weighted by Gasteiger charge is 2.24. The van der Waals surface area contributed by atoms with Crippen molar-refractivity contribution < 1.29 is 29.9 Å². The lowest BCUT2D eigenvalue weighted by molar-refractivity contribution is -0.223. The van der Waals surface area contributed by atoms with E-state index in [-0.39, 0.29) is 0 Å². The third-order valence-electron chi connectivity index (χ3n) is 1.83. The number of rotatable bonds is 7. The van der Waals surface area contributed by atoms with Crippen LogP contribution in [0.25, 0.3) is 0 Å². The Morgan fingerprint density at radius 1 is 1.07 bits per heavy atom. The molecule has 0 bridgehead atoms. The molecule has 0 heterocycles. The summed E-state index contributed by atoms with van der Waals surface area (Å²) in [4.78, 5) is 0. The Labute approximate surface area is 82.7 Å². The molecule has 4 N–H and O–H groups in total. The zero-order valence-corrected chi connectivity index (χ0v) is 8.33. The van der Waals surface area contributed by atoms with Gasteiger partial charge < -0.3 is 29.9 Å². The predicted octanol–water partition coefficient (Wildman–Crippen LogP) is -1.93. The number of hydrogen-bond acceptors (Lipinski definition) is 6. The van der Waals surface area contributed by atoms with Crippen LogP contribution in [0.4, 0.5) is 0 Å². The quantitative estimate of drug-likeness (QED) is 0.365. The molecule has 0 spiro atoms. The van der Waals surface area contributed by atoms with Crippen molar-refractivity contribution in [2.24, 2.45) is 0 Å². The van der Waals surface area contributed by atoms with Gasteiger partial charge in [-0.15, -0.1) is 0 Å². The summed E-state index contributed by atoms with van der Waals surface area (Å²) in [6.45, 7) is 0.598. The molecule has 0 amide bonds. The molecule has 0 aliphatic carbocycles. The minimum absolute atomic E-state index is 0.407. The highest BCUT2D eigenvalue weighted by molar-refractivity contribution is 4.67. The third kappa shape index (κ3) is 4.32. The molecule has 0 aliphatic heterocycles. The molecule has 6 heteroatoms. The molecule has 6 nitrogen and oxygen atoms in total. The van der Waals surface area contributed by atoms with Gasteiger partial charge in [0.05, 0.1) is 19.3 Å². The topological polar surface area (TPSA) is 99.4 Å². The fraction of sp³-hybridized carbons (Fsp3) is 1.00. The maximum atomic E-state index is 9.33. The first-order chi connectivity index (χ1) is 6.56. The Morgan fingerprint density at radius 3 is 1.86 bits per heavy atom. The van der Waals surface area contributed by atoms with E-state index in [1.807, 2.05) is 0 Å². The zero-order chi connectivity index (χ0) is 11.1. The molecule has 0 aromatic carbocycles. The Balaban J connectivity index is 4.06. The fourth-order valence-electron chi connectivity index (χ4n) is 0.857. The van der Waals surface area contributed by atoms with Gasteiger partial charge in [-0.25, -0.2) is 0 Å². The highest BCUT2D eigenvalue weighted by atomic mass is 16.6. The molecule has 0 radical (unpaired) electrons. The average molecular weight is 210 g/mol. The van der Waals surface area contributed by atoms with Crippen LogP contribution in [0.15, 0.2) is 0 Å². The molecule has 0 fully saturated rings. The van der Waals surface area contributed by atoms with Crippen LogP contribution in [-0.2, 0) is 9.47 Å². The first-order valence-corrected chi connectivity index (χ1v) is 4.32. The SMILES string of the molecule is COC(CO)C(O)OC(CO)[C@H](C)O. The summed E-state index contributed by atoms with van der Waals surface area (Å²) >= 11 is 0. The summed E-state index contributed by atoms with van der Waals surface area (Å²) in [6, 6.07) is 0. The van der Waals surface area contributed by atoms with Gasteiger partial charge in [0, 0.05) is 7.11 Å². The van der Waals surface area contributed by atoms with E-state index in [0.717, 1.165) is 0 Å². The van der Waals surface area contributed by atoms with E-state index in [2.05, 4.69) is 0 Å². The number of hydrogen-bond donors (Lipinski definition) is 4. The molecule has 0 rings (SSSR count). The summed E-state index contributed by atoms with van der Waals surface area (Å²) in [5.74, 6) is 0. The van der Waals surface area contributed by atoms with Gasteiger partial charge in [-0.05, 0) is 6.92 Å². The van der Waals surface area contributed by atoms with Crippen LogP contribution in [0.5, 0.6) is 0 Å². The summed E-state index contributed by atoms with van der Waals surface area (Å²) in [6.07, 6.45) is -4.07. The van der Waals surface area contributed by atoms with E-state index in [4.69, 9.17) is 24.8 Å². The largest absolute Gasteiger partial charge is 0.394 e. The van der Waals surface area contributed by atoms with Crippen molar-refractivity contribution in [3.05, 3.63) is 0 Å². The second kappa shape index (κ2) is 7.10. The monoisotopic (exact) mass is 210 g/mol. The molecular weight excluding hydrogens is 192 g/mol. The van der Waals surface area contributed by atoms with Crippen molar-refractivity contribution in [1.82, 2.24) is 0 Å². The molecule has 3 unspecified atom stereocenters. The van der Waals surface area contributed by atoms with Crippen molar-refractivity contribution in [1.29, 1.82) is 0 Å². The molecular formula is C8H18O6. The summed E-state index contributed by atoms with van der Waals surface area (Å²) in [5.41, 5.74) is 0. The maximum absolute atomic E-state index is 9.33. The molecule has 0 aliphatic rings. The lowest BCUT2D eigenvalue weighted by atomic mass is 10.2. The Hall–Kier alpha value is -0.240. The van der Waals surface area contributed by atoms with Gasteiger partial charge in [-0.2, -0.15) is 0 Å². The molecule has 0 aromatic rings. The summed E-state index contributed by atoms with van der Waals surface area (Å²) < 4.78 is 9.57. The fourth-order valence-corrected chi connectivity index (χ4v) is 0.857. The van der Waals surface area contributed by atoms with E-state index in [9.17, 15) is 5.11 Å². The van der Waals surface area contributed by atoms with E-state index in [1.165, 1.54) is 14.0 Å². The normalized spacial score (nSPS) is 20.1. The predicted molar refractivity (Wildman–Crippen MR) is 47.5 cm³/mol. The Morgan fingerprint density at radius 2 is 1.57 bits per heavy atom. The van der Waals surface area contributed by atoms with Gasteiger partial charge in [0.25, 0.3) is 0 Å². The number of aliphatic hydroxyl groups excluding tert-OH is 4. The van der Waals surface area contributed by atoms with E-state index < -0.39 is 37.8 Å². The Kier molecular flexibility index (Phi) is 6.98. The first-order valence-electron chi connectivity index (χ1n) is 4.32. The Bertz CT molecular complexity index is 136. The van der Waals surface area contributed by atoms with Gasteiger partial charge in [-0.3, -0.25) is 0 Å². The van der Waals surface area contributed by atoms with Crippen LogP contribution in [0.2, 0.25) is 0 Å². The van der Waals surface area contributed by atoms with Gasteiger partial charge in [0.15, 0.2) is 6.29 Å². The minimum Gasteiger partial charge on any atom is -0.394 e. The second-order valence-corrected chi connectivity index (χ2v) is 2.95. The van der Waals surface area contributed by atoms with Gasteiger partial charge >= 0.3 is 0 Å². The maximum Gasteiger partial charge on any atom is 0.183 e. The minimum atomic E-state index is -1.38. The van der Waals surface area contributed by atoms with Crippen LogP contribution in [0.1, 0.15) is 6.92 Å². The summed E-state index contributed by atoms with van der Waals surface area (Å²) in [7, 11) is 1.31. The van der Waals surface area contributed by atoms with E-state index >= 15 is 0 Å². The lowest BCUT2D eigenvalue weighted by Crippen LogP contribution is -2.41. The number of aliphatic hydroxyl groups is 4. The summed E-state index contributed by atoms with van der Waals surface area (Å²) in [5, 5.41) is 35.9. The first kappa shape index (κ1) is 13.8. The van der Waals surface area contributed by atoms with Crippen molar-refractivity contribution in [2.75, 3.05) is 20.3 Å². The van der Waals surface area contributed by atoms with Crippen LogP contribution >= 0.6 is 0 Å². The van der Waals surface area contributed by atoms with Gasteiger partial charge in [-0.1, -0.05) is 0 Å². The second-order valence-electron chi connectivity index (χ2n) is 2.95. The van der Waals surface area contributed by atoms with Crippen molar-refractivity contribution in [3.63, 3.8) is 0 Å². The van der Waals surface area contributed by atoms with E-state index in [0.29, 0.717) is 0 Å². The molecule has 86 valence electrons. The third-order valence-corrected chi connectivity index (χ3v) is 1.83. The smallest absolute Gasteiger partial charge is 0.183 e. The molecule has 4 atom stereocenters. The van der Waals surface area contributed by atoms with Gasteiger partial charge in [0.1, 0.15) is 12.2 Å².